The fourth-order valence-electron chi connectivity index (χ4n) is 3.66. The Morgan fingerprint density at radius 2 is 1.94 bits per heavy atom. The number of benzene rings is 2. The van der Waals surface area contributed by atoms with E-state index in [1.165, 1.54) is 9.87 Å². The van der Waals surface area contributed by atoms with Crippen molar-refractivity contribution in [3.05, 3.63) is 82.6 Å². The van der Waals surface area contributed by atoms with Crippen LogP contribution < -0.4 is 4.74 Å². The Labute approximate surface area is 188 Å². The number of nitrogens with zero attached hydrogens (tertiary/aromatic N) is 1. The van der Waals surface area contributed by atoms with E-state index in [0.29, 0.717) is 24.7 Å². The summed E-state index contributed by atoms with van der Waals surface area (Å²) in [5.74, 6) is 0.752. The van der Waals surface area contributed by atoms with Gasteiger partial charge in [0.1, 0.15) is 5.75 Å². The van der Waals surface area contributed by atoms with Gasteiger partial charge in [-0.25, -0.2) is 8.42 Å². The summed E-state index contributed by atoms with van der Waals surface area (Å²) < 4.78 is 39.9. The number of hydrogen-bond donors (Lipinski definition) is 0. The molecule has 5 nitrogen and oxygen atoms in total. The summed E-state index contributed by atoms with van der Waals surface area (Å²) in [6.45, 7) is 1.90. The Balaban J connectivity index is 1.48. The molecule has 1 fully saturated rings. The smallest absolute Gasteiger partial charge is 0.243 e. The summed E-state index contributed by atoms with van der Waals surface area (Å²) in [4.78, 5) is 0.302. The van der Waals surface area contributed by atoms with Crippen LogP contribution in [0.15, 0.2) is 76.3 Å². The van der Waals surface area contributed by atoms with Gasteiger partial charge in [-0.05, 0) is 65.1 Å². The van der Waals surface area contributed by atoms with Gasteiger partial charge in [-0.3, -0.25) is 0 Å². The number of hydrogen-bond acceptors (Lipinski definition) is 5. The molecule has 0 N–H and O–H groups in total. The van der Waals surface area contributed by atoms with Crippen LogP contribution in [0.3, 0.4) is 0 Å². The normalized spacial score (nSPS) is 16.6. The highest BCUT2D eigenvalue weighted by atomic mass is 32.2. The fourth-order valence-corrected chi connectivity index (χ4v) is 5.85. The third-order valence-corrected chi connectivity index (χ3v) is 7.87. The standard InChI is InChI=1S/C24H27NO4S2/c26-31(27,24-9-2-1-3-10-24)25(18-23-8-5-13-28-23)17-21-6-4-7-22(16-21)29-14-11-20-12-15-30-19-20/h1-4,6-7,9-10,12,15-16,19,23H,5,8,11,13-14,17-18H2. The molecule has 1 unspecified atom stereocenters. The van der Waals surface area contributed by atoms with Crippen LogP contribution in [0.5, 0.6) is 5.75 Å². The van der Waals surface area contributed by atoms with Crippen LogP contribution in [0.4, 0.5) is 0 Å². The minimum Gasteiger partial charge on any atom is -0.493 e. The molecule has 0 aliphatic carbocycles. The van der Waals surface area contributed by atoms with E-state index >= 15 is 0 Å². The van der Waals surface area contributed by atoms with E-state index in [2.05, 4.69) is 16.8 Å². The molecule has 1 atom stereocenters. The first-order chi connectivity index (χ1) is 15.1. The molecule has 0 saturated carbocycles. The molecule has 3 aromatic rings. The summed E-state index contributed by atoms with van der Waals surface area (Å²) in [6, 6.07) is 18.4. The van der Waals surface area contributed by atoms with Crippen LogP contribution in [-0.4, -0.2) is 38.6 Å². The highest BCUT2D eigenvalue weighted by molar-refractivity contribution is 7.89. The Hall–Kier alpha value is -2.19. The highest BCUT2D eigenvalue weighted by Crippen LogP contribution is 2.24. The summed E-state index contributed by atoms with van der Waals surface area (Å²) in [6.07, 6.45) is 2.63. The summed E-state index contributed by atoms with van der Waals surface area (Å²) in [5, 5.41) is 4.18. The first-order valence-electron chi connectivity index (χ1n) is 10.5. The van der Waals surface area contributed by atoms with Crippen LogP contribution in [0, 0.1) is 0 Å². The van der Waals surface area contributed by atoms with Crippen LogP contribution >= 0.6 is 11.3 Å². The number of ether oxygens (including phenoxy) is 2. The van der Waals surface area contributed by atoms with Crippen molar-refractivity contribution in [3.63, 3.8) is 0 Å². The Morgan fingerprint density at radius 3 is 2.68 bits per heavy atom. The van der Waals surface area contributed by atoms with E-state index in [-0.39, 0.29) is 12.6 Å². The van der Waals surface area contributed by atoms with Crippen LogP contribution in [0.1, 0.15) is 24.0 Å². The Kier molecular flexibility index (Phi) is 7.40. The molecular formula is C24H27NO4S2. The van der Waals surface area contributed by atoms with Crippen molar-refractivity contribution in [3.8, 4) is 5.75 Å². The van der Waals surface area contributed by atoms with Crippen molar-refractivity contribution >= 4 is 21.4 Å². The van der Waals surface area contributed by atoms with Crippen molar-refractivity contribution in [2.24, 2.45) is 0 Å². The summed E-state index contributed by atoms with van der Waals surface area (Å²) in [7, 11) is -3.63. The predicted molar refractivity (Wildman–Crippen MR) is 123 cm³/mol. The zero-order chi connectivity index (χ0) is 21.5. The molecule has 7 heteroatoms. The van der Waals surface area contributed by atoms with Gasteiger partial charge in [0.15, 0.2) is 0 Å². The molecule has 1 aliphatic rings. The quantitative estimate of drug-likeness (QED) is 0.441. The molecule has 2 aromatic carbocycles. The molecule has 31 heavy (non-hydrogen) atoms. The van der Waals surface area contributed by atoms with E-state index in [9.17, 15) is 8.42 Å². The van der Waals surface area contributed by atoms with E-state index in [0.717, 1.165) is 30.6 Å². The molecule has 1 saturated heterocycles. The van der Waals surface area contributed by atoms with Gasteiger partial charge in [0.25, 0.3) is 0 Å². The van der Waals surface area contributed by atoms with Gasteiger partial charge >= 0.3 is 0 Å². The van der Waals surface area contributed by atoms with Gasteiger partial charge < -0.3 is 9.47 Å². The first-order valence-corrected chi connectivity index (χ1v) is 12.9. The maximum atomic E-state index is 13.4. The molecule has 164 valence electrons. The summed E-state index contributed by atoms with van der Waals surface area (Å²) in [5.41, 5.74) is 2.16. The van der Waals surface area contributed by atoms with E-state index in [4.69, 9.17) is 9.47 Å². The van der Waals surface area contributed by atoms with Gasteiger partial charge in [0, 0.05) is 26.1 Å². The third-order valence-electron chi connectivity index (χ3n) is 5.31. The molecule has 2 heterocycles. The van der Waals surface area contributed by atoms with Gasteiger partial charge in [-0.2, -0.15) is 15.6 Å². The molecular weight excluding hydrogens is 430 g/mol. The monoisotopic (exact) mass is 457 g/mol. The van der Waals surface area contributed by atoms with Crippen molar-refractivity contribution in [2.45, 2.75) is 36.8 Å². The van der Waals surface area contributed by atoms with Gasteiger partial charge in [0.2, 0.25) is 10.0 Å². The van der Waals surface area contributed by atoms with Crippen LogP contribution in [0.2, 0.25) is 0 Å². The lowest BCUT2D eigenvalue weighted by Crippen LogP contribution is -2.36. The van der Waals surface area contributed by atoms with Crippen molar-refractivity contribution in [2.75, 3.05) is 19.8 Å². The van der Waals surface area contributed by atoms with E-state index < -0.39 is 10.0 Å². The summed E-state index contributed by atoms with van der Waals surface area (Å²) >= 11 is 1.68. The lowest BCUT2D eigenvalue weighted by atomic mass is 10.2. The van der Waals surface area contributed by atoms with Crippen LogP contribution in [0.25, 0.3) is 0 Å². The Morgan fingerprint density at radius 1 is 1.06 bits per heavy atom. The lowest BCUT2D eigenvalue weighted by Gasteiger charge is -2.25. The van der Waals surface area contributed by atoms with E-state index in [1.807, 2.05) is 30.3 Å². The molecule has 1 aliphatic heterocycles. The second-order valence-corrected chi connectivity index (χ2v) is 10.3. The average Bonchev–Trinajstić information content (AvgIpc) is 3.49. The topological polar surface area (TPSA) is 55.8 Å². The molecule has 0 radical (unpaired) electrons. The predicted octanol–water partition coefficient (Wildman–Crippen LogP) is 4.74. The van der Waals surface area contributed by atoms with Crippen molar-refractivity contribution in [1.82, 2.24) is 4.31 Å². The van der Waals surface area contributed by atoms with Crippen LogP contribution in [-0.2, 0) is 27.7 Å². The molecule has 1 aromatic heterocycles. The molecule has 0 amide bonds. The first kappa shape index (κ1) is 22.0. The van der Waals surface area contributed by atoms with Gasteiger partial charge in [-0.15, -0.1) is 0 Å². The molecule has 0 spiro atoms. The number of thiophene rings is 1. The number of rotatable bonds is 10. The average molecular weight is 458 g/mol. The number of sulfonamides is 1. The van der Waals surface area contributed by atoms with Gasteiger partial charge in [0.05, 0.1) is 17.6 Å². The second kappa shape index (κ2) is 10.4. The van der Waals surface area contributed by atoms with E-state index in [1.54, 1.807) is 35.6 Å². The second-order valence-electron chi connectivity index (χ2n) is 7.62. The molecule has 4 rings (SSSR count). The van der Waals surface area contributed by atoms with Gasteiger partial charge in [-0.1, -0.05) is 30.3 Å². The lowest BCUT2D eigenvalue weighted by molar-refractivity contribution is 0.0926. The maximum Gasteiger partial charge on any atom is 0.243 e. The zero-order valence-electron chi connectivity index (χ0n) is 17.4. The van der Waals surface area contributed by atoms with Crippen molar-refractivity contribution < 1.29 is 17.9 Å². The SMILES string of the molecule is O=S(=O)(c1ccccc1)N(Cc1cccc(OCCc2ccsc2)c1)CC1CCCO1. The minimum absolute atomic E-state index is 0.0662. The largest absolute Gasteiger partial charge is 0.493 e. The molecule has 0 bridgehead atoms. The third kappa shape index (κ3) is 5.95. The fraction of sp³-hybridized carbons (Fsp3) is 0.333. The maximum absolute atomic E-state index is 13.4. The zero-order valence-corrected chi connectivity index (χ0v) is 19.0. The van der Waals surface area contributed by atoms with Crippen molar-refractivity contribution in [1.29, 1.82) is 0 Å². The minimum atomic E-state index is -3.63. The Bertz CT molecular complexity index is 1050. The highest BCUT2D eigenvalue weighted by Gasteiger charge is 2.29.